The van der Waals surface area contributed by atoms with Gasteiger partial charge in [0, 0.05) is 18.7 Å². The van der Waals surface area contributed by atoms with Gasteiger partial charge >= 0.3 is 11.9 Å². The molecular formula is C17H23NO6. The highest BCUT2D eigenvalue weighted by atomic mass is 16.5. The first-order valence-corrected chi connectivity index (χ1v) is 7.57. The number of carboxylic acid groups (broad SMARTS) is 2. The van der Waals surface area contributed by atoms with Crippen LogP contribution in [0, 0.1) is 13.8 Å². The summed E-state index contributed by atoms with van der Waals surface area (Å²) in [6.45, 7) is 5.65. The number of nitrogens with one attached hydrogen (secondary N) is 1. The summed E-state index contributed by atoms with van der Waals surface area (Å²) in [5, 5.41) is 28.6. The van der Waals surface area contributed by atoms with E-state index >= 15 is 0 Å². The zero-order valence-electron chi connectivity index (χ0n) is 13.7. The molecule has 7 heteroatoms. The second-order valence-electron chi connectivity index (χ2n) is 5.42. The molecule has 0 spiro atoms. The molecule has 7 nitrogen and oxygen atoms in total. The monoisotopic (exact) mass is 337 g/mol. The number of aliphatic hydroxyl groups is 1. The zero-order valence-corrected chi connectivity index (χ0v) is 13.7. The zero-order chi connectivity index (χ0) is 18.1. The van der Waals surface area contributed by atoms with E-state index in [9.17, 15) is 14.7 Å². The summed E-state index contributed by atoms with van der Waals surface area (Å²) >= 11 is 0. The predicted molar refractivity (Wildman–Crippen MR) is 88.2 cm³/mol. The van der Waals surface area contributed by atoms with Crippen molar-refractivity contribution in [1.29, 1.82) is 0 Å². The fourth-order valence-electron chi connectivity index (χ4n) is 2.11. The first kappa shape index (κ1) is 19.7. The van der Waals surface area contributed by atoms with E-state index in [1.54, 1.807) is 0 Å². The minimum atomic E-state index is -1.26. The lowest BCUT2D eigenvalue weighted by Gasteiger charge is -2.29. The Kier molecular flexibility index (Phi) is 7.94. The van der Waals surface area contributed by atoms with Gasteiger partial charge in [-0.3, -0.25) is 0 Å². The van der Waals surface area contributed by atoms with Crippen molar-refractivity contribution in [3.63, 3.8) is 0 Å². The third kappa shape index (κ3) is 6.80. The fraction of sp³-hybridized carbons (Fsp3) is 0.412. The smallest absolute Gasteiger partial charge is 0.328 e. The van der Waals surface area contributed by atoms with Crippen molar-refractivity contribution < 1.29 is 29.6 Å². The molecule has 1 aliphatic heterocycles. The number of carbonyl (C=O) groups is 2. The molecule has 0 radical (unpaired) electrons. The molecular weight excluding hydrogens is 314 g/mol. The molecule has 4 N–H and O–H groups in total. The Morgan fingerprint density at radius 1 is 1.21 bits per heavy atom. The quantitative estimate of drug-likeness (QED) is 0.608. The number of hydrogen-bond acceptors (Lipinski definition) is 5. The van der Waals surface area contributed by atoms with Gasteiger partial charge in [0.25, 0.3) is 0 Å². The van der Waals surface area contributed by atoms with Gasteiger partial charge in [0.2, 0.25) is 0 Å². The summed E-state index contributed by atoms with van der Waals surface area (Å²) in [5.41, 5.74) is 2.38. The number of carboxylic acids is 2. The molecule has 0 aromatic heterocycles. The van der Waals surface area contributed by atoms with Crippen molar-refractivity contribution in [3.05, 3.63) is 41.5 Å². The van der Waals surface area contributed by atoms with Gasteiger partial charge in [-0.1, -0.05) is 12.1 Å². The third-order valence-corrected chi connectivity index (χ3v) is 3.59. The van der Waals surface area contributed by atoms with Crippen molar-refractivity contribution in [3.8, 4) is 5.75 Å². The van der Waals surface area contributed by atoms with Crippen molar-refractivity contribution in [2.24, 2.45) is 0 Å². The van der Waals surface area contributed by atoms with E-state index in [2.05, 4.69) is 25.2 Å². The lowest BCUT2D eigenvalue weighted by atomic mass is 10.1. The van der Waals surface area contributed by atoms with Crippen molar-refractivity contribution >= 4 is 11.9 Å². The third-order valence-electron chi connectivity index (χ3n) is 3.59. The molecule has 2 atom stereocenters. The SMILES string of the molecule is Cc1cccc(O[C@H]2CCNC[C@@H]2O)c1C.O=C(O)/C=C/C(=O)O. The topological polar surface area (TPSA) is 116 Å². The molecule has 1 saturated heterocycles. The van der Waals surface area contributed by atoms with Gasteiger partial charge in [-0.2, -0.15) is 0 Å². The van der Waals surface area contributed by atoms with Gasteiger partial charge in [0.15, 0.2) is 0 Å². The highest BCUT2D eigenvalue weighted by Gasteiger charge is 2.24. The van der Waals surface area contributed by atoms with E-state index in [1.165, 1.54) is 5.56 Å². The van der Waals surface area contributed by atoms with Crippen molar-refractivity contribution in [2.75, 3.05) is 13.1 Å². The molecule has 132 valence electrons. The second-order valence-corrected chi connectivity index (χ2v) is 5.42. The highest BCUT2D eigenvalue weighted by molar-refractivity contribution is 5.89. The lowest BCUT2D eigenvalue weighted by molar-refractivity contribution is -0.134. The van der Waals surface area contributed by atoms with Crippen LogP contribution in [0.2, 0.25) is 0 Å². The summed E-state index contributed by atoms with van der Waals surface area (Å²) in [4.78, 5) is 19.1. The second kappa shape index (κ2) is 9.69. The summed E-state index contributed by atoms with van der Waals surface area (Å²) in [5.74, 6) is -1.62. The van der Waals surface area contributed by atoms with Crippen LogP contribution in [0.5, 0.6) is 5.75 Å². The van der Waals surface area contributed by atoms with Crippen LogP contribution in [0.4, 0.5) is 0 Å². The van der Waals surface area contributed by atoms with E-state index in [4.69, 9.17) is 14.9 Å². The maximum absolute atomic E-state index is 9.80. The van der Waals surface area contributed by atoms with E-state index < -0.39 is 18.0 Å². The normalized spacial score (nSPS) is 20.1. The van der Waals surface area contributed by atoms with Crippen LogP contribution >= 0.6 is 0 Å². The largest absolute Gasteiger partial charge is 0.487 e. The summed E-state index contributed by atoms with van der Waals surface area (Å²) in [6.07, 6.45) is 1.48. The Labute approximate surface area is 140 Å². The number of piperidine rings is 1. The molecule has 1 aromatic carbocycles. The van der Waals surface area contributed by atoms with Crippen LogP contribution in [0.15, 0.2) is 30.4 Å². The van der Waals surface area contributed by atoms with Gasteiger partial charge in [-0.25, -0.2) is 9.59 Å². The van der Waals surface area contributed by atoms with E-state index in [1.807, 2.05) is 12.1 Å². The van der Waals surface area contributed by atoms with Crippen molar-refractivity contribution in [1.82, 2.24) is 5.32 Å². The van der Waals surface area contributed by atoms with Crippen molar-refractivity contribution in [2.45, 2.75) is 32.5 Å². The van der Waals surface area contributed by atoms with Crippen LogP contribution in [0.25, 0.3) is 0 Å². The highest BCUT2D eigenvalue weighted by Crippen LogP contribution is 2.23. The molecule has 0 aliphatic carbocycles. The Bertz CT molecular complexity index is 583. The first-order valence-electron chi connectivity index (χ1n) is 7.57. The van der Waals surface area contributed by atoms with Crippen LogP contribution in [0.3, 0.4) is 0 Å². The Hall–Kier alpha value is -2.38. The standard InChI is InChI=1S/C13H19NO2.C4H4O4/c1-9-4-3-5-12(10(9)2)16-13-6-7-14-8-11(13)15;5-3(6)1-2-4(7)8/h3-5,11,13-15H,6-8H2,1-2H3;1-2H,(H,5,6)(H,7,8)/b;2-1+/t11-,13-;/m0./s1. The van der Waals surface area contributed by atoms with Crippen LogP contribution in [0.1, 0.15) is 17.5 Å². The molecule has 24 heavy (non-hydrogen) atoms. The van der Waals surface area contributed by atoms with Crippen LogP contribution in [-0.2, 0) is 9.59 Å². The summed E-state index contributed by atoms with van der Waals surface area (Å²) in [7, 11) is 0. The molecule has 0 saturated carbocycles. The van der Waals surface area contributed by atoms with E-state index in [0.29, 0.717) is 18.7 Å². The molecule has 0 amide bonds. The fourth-order valence-corrected chi connectivity index (χ4v) is 2.11. The Morgan fingerprint density at radius 3 is 2.38 bits per heavy atom. The average molecular weight is 337 g/mol. The first-order chi connectivity index (χ1) is 11.3. The summed E-state index contributed by atoms with van der Waals surface area (Å²) in [6, 6.07) is 6.03. The van der Waals surface area contributed by atoms with Gasteiger partial charge < -0.3 is 25.4 Å². The lowest BCUT2D eigenvalue weighted by Crippen LogP contribution is -2.46. The molecule has 1 aliphatic rings. The Morgan fingerprint density at radius 2 is 1.83 bits per heavy atom. The van der Waals surface area contributed by atoms with Crippen LogP contribution < -0.4 is 10.1 Å². The number of aliphatic hydroxyl groups excluding tert-OH is 1. The average Bonchev–Trinajstić information content (AvgIpc) is 2.52. The van der Waals surface area contributed by atoms with Gasteiger partial charge in [0.05, 0.1) is 0 Å². The summed E-state index contributed by atoms with van der Waals surface area (Å²) < 4.78 is 5.89. The predicted octanol–water partition coefficient (Wildman–Crippen LogP) is 1.12. The Balaban J connectivity index is 0.000000307. The number of β-amino-alcohol motifs (C(OH)–C–C–N with tert-alkyl or cyclic N) is 1. The molecule has 1 aromatic rings. The maximum atomic E-state index is 9.80. The van der Waals surface area contributed by atoms with Crippen LogP contribution in [-0.4, -0.2) is 52.6 Å². The molecule has 2 rings (SSSR count). The van der Waals surface area contributed by atoms with E-state index in [0.717, 1.165) is 24.3 Å². The minimum absolute atomic E-state index is 0.0817. The number of rotatable bonds is 4. The number of hydrogen-bond donors (Lipinski definition) is 4. The molecule has 1 fully saturated rings. The minimum Gasteiger partial charge on any atom is -0.487 e. The number of benzene rings is 1. The van der Waals surface area contributed by atoms with E-state index in [-0.39, 0.29) is 6.10 Å². The molecule has 0 unspecified atom stereocenters. The number of aliphatic carboxylic acids is 2. The molecule has 1 heterocycles. The number of ether oxygens (including phenoxy) is 1. The number of aryl methyl sites for hydroxylation is 1. The van der Waals surface area contributed by atoms with Gasteiger partial charge in [0.1, 0.15) is 18.0 Å². The molecule has 0 bridgehead atoms. The van der Waals surface area contributed by atoms with Gasteiger partial charge in [-0.15, -0.1) is 0 Å². The maximum Gasteiger partial charge on any atom is 0.328 e. The van der Waals surface area contributed by atoms with Gasteiger partial charge in [-0.05, 0) is 44.0 Å².